The van der Waals surface area contributed by atoms with Crippen molar-refractivity contribution in [2.75, 3.05) is 13.1 Å². The molecule has 0 saturated heterocycles. The van der Waals surface area contributed by atoms with Crippen molar-refractivity contribution in [3.8, 4) is 0 Å². The van der Waals surface area contributed by atoms with E-state index < -0.39 is 5.82 Å². The lowest BCUT2D eigenvalue weighted by molar-refractivity contribution is 0.0755. The van der Waals surface area contributed by atoms with E-state index in [2.05, 4.69) is 12.6 Å². The predicted octanol–water partition coefficient (Wildman–Crippen LogP) is 3.38. The third kappa shape index (κ3) is 3.73. The van der Waals surface area contributed by atoms with E-state index in [4.69, 9.17) is 0 Å². The van der Waals surface area contributed by atoms with Gasteiger partial charge in [-0.2, -0.15) is 0 Å². The van der Waals surface area contributed by atoms with Gasteiger partial charge in [-0.1, -0.05) is 13.8 Å². The standard InChI is InChI=1S/C13H18FNOS/c1-3-7-15(8-4-2)13(16)10-5-6-11(14)12(17)9-10/h5-6,9,17H,3-4,7-8H2,1-2H3. The van der Waals surface area contributed by atoms with Gasteiger partial charge in [-0.15, -0.1) is 12.6 Å². The number of halogens is 1. The first-order valence-corrected chi connectivity index (χ1v) is 6.32. The highest BCUT2D eigenvalue weighted by Gasteiger charge is 2.15. The molecule has 0 saturated carbocycles. The number of hydrogen-bond donors (Lipinski definition) is 1. The van der Waals surface area contributed by atoms with Crippen LogP contribution in [0.1, 0.15) is 37.0 Å². The summed E-state index contributed by atoms with van der Waals surface area (Å²) in [5, 5.41) is 0. The molecule has 1 amide bonds. The molecule has 17 heavy (non-hydrogen) atoms. The van der Waals surface area contributed by atoms with Gasteiger partial charge in [0.15, 0.2) is 0 Å². The van der Waals surface area contributed by atoms with Gasteiger partial charge in [0.2, 0.25) is 0 Å². The van der Waals surface area contributed by atoms with E-state index in [9.17, 15) is 9.18 Å². The maximum Gasteiger partial charge on any atom is 0.253 e. The molecule has 0 radical (unpaired) electrons. The van der Waals surface area contributed by atoms with E-state index in [-0.39, 0.29) is 10.8 Å². The van der Waals surface area contributed by atoms with Crippen molar-refractivity contribution in [1.82, 2.24) is 4.90 Å². The van der Waals surface area contributed by atoms with E-state index in [1.54, 1.807) is 4.90 Å². The first-order chi connectivity index (χ1) is 8.10. The summed E-state index contributed by atoms with van der Waals surface area (Å²) in [6, 6.07) is 4.28. The number of carbonyl (C=O) groups excluding carboxylic acids is 1. The Morgan fingerprint density at radius 1 is 1.29 bits per heavy atom. The summed E-state index contributed by atoms with van der Waals surface area (Å²) in [7, 11) is 0. The van der Waals surface area contributed by atoms with Gasteiger partial charge in [0.1, 0.15) is 5.82 Å². The van der Waals surface area contributed by atoms with Crippen LogP contribution in [0.15, 0.2) is 23.1 Å². The Hall–Kier alpha value is -1.03. The summed E-state index contributed by atoms with van der Waals surface area (Å²) in [4.78, 5) is 14.2. The zero-order chi connectivity index (χ0) is 12.8. The van der Waals surface area contributed by atoms with Crippen molar-refractivity contribution >= 4 is 18.5 Å². The minimum absolute atomic E-state index is 0.0519. The Morgan fingerprint density at radius 3 is 2.35 bits per heavy atom. The number of amides is 1. The largest absolute Gasteiger partial charge is 0.339 e. The molecule has 4 heteroatoms. The number of thiol groups is 1. The third-order valence-electron chi connectivity index (χ3n) is 2.47. The summed E-state index contributed by atoms with van der Waals surface area (Å²) in [5.74, 6) is -0.452. The molecule has 0 spiro atoms. The first-order valence-electron chi connectivity index (χ1n) is 5.88. The fraction of sp³-hybridized carbons (Fsp3) is 0.462. The van der Waals surface area contributed by atoms with Crippen LogP contribution in [-0.2, 0) is 0 Å². The zero-order valence-electron chi connectivity index (χ0n) is 10.2. The molecule has 1 aromatic rings. The van der Waals surface area contributed by atoms with Gasteiger partial charge >= 0.3 is 0 Å². The van der Waals surface area contributed by atoms with E-state index in [0.717, 1.165) is 25.9 Å². The van der Waals surface area contributed by atoms with Crippen LogP contribution in [0.4, 0.5) is 4.39 Å². The van der Waals surface area contributed by atoms with Gasteiger partial charge in [-0.05, 0) is 31.0 Å². The van der Waals surface area contributed by atoms with Crippen molar-refractivity contribution in [3.05, 3.63) is 29.6 Å². The quantitative estimate of drug-likeness (QED) is 0.800. The molecule has 0 fully saturated rings. The Balaban J connectivity index is 2.88. The van der Waals surface area contributed by atoms with Crippen LogP contribution in [0.5, 0.6) is 0 Å². The lowest BCUT2D eigenvalue weighted by Crippen LogP contribution is -2.32. The molecule has 1 aromatic carbocycles. The smallest absolute Gasteiger partial charge is 0.253 e. The van der Waals surface area contributed by atoms with Crippen LogP contribution >= 0.6 is 12.6 Å². The summed E-state index contributed by atoms with van der Waals surface area (Å²) in [5.41, 5.74) is 0.498. The van der Waals surface area contributed by atoms with Gasteiger partial charge in [-0.3, -0.25) is 4.79 Å². The second-order valence-electron chi connectivity index (χ2n) is 3.96. The monoisotopic (exact) mass is 255 g/mol. The second kappa shape index (κ2) is 6.64. The normalized spacial score (nSPS) is 10.4. The molecule has 94 valence electrons. The molecule has 0 aromatic heterocycles. The number of carbonyl (C=O) groups is 1. The van der Waals surface area contributed by atoms with E-state index in [1.165, 1.54) is 18.2 Å². The van der Waals surface area contributed by atoms with Crippen molar-refractivity contribution in [1.29, 1.82) is 0 Å². The van der Waals surface area contributed by atoms with Crippen LogP contribution in [0.2, 0.25) is 0 Å². The Bertz CT molecular complexity index is 389. The highest BCUT2D eigenvalue weighted by atomic mass is 32.1. The lowest BCUT2D eigenvalue weighted by atomic mass is 10.2. The van der Waals surface area contributed by atoms with Crippen molar-refractivity contribution in [2.45, 2.75) is 31.6 Å². The number of hydrogen-bond acceptors (Lipinski definition) is 2. The summed E-state index contributed by atoms with van der Waals surface area (Å²) in [6.07, 6.45) is 1.83. The molecular weight excluding hydrogens is 237 g/mol. The average Bonchev–Trinajstić information content (AvgIpc) is 2.31. The first kappa shape index (κ1) is 14.0. The second-order valence-corrected chi connectivity index (χ2v) is 4.44. The molecular formula is C13H18FNOS. The van der Waals surface area contributed by atoms with Crippen LogP contribution in [0.25, 0.3) is 0 Å². The molecule has 1 rings (SSSR count). The van der Waals surface area contributed by atoms with Gasteiger partial charge in [0.05, 0.1) is 0 Å². The van der Waals surface area contributed by atoms with Crippen LogP contribution < -0.4 is 0 Å². The Labute approximate surface area is 107 Å². The fourth-order valence-electron chi connectivity index (χ4n) is 1.68. The maximum absolute atomic E-state index is 13.1. The molecule has 2 nitrogen and oxygen atoms in total. The Kier molecular flexibility index (Phi) is 5.48. The minimum atomic E-state index is -0.401. The van der Waals surface area contributed by atoms with Crippen molar-refractivity contribution in [3.63, 3.8) is 0 Å². The van der Waals surface area contributed by atoms with E-state index >= 15 is 0 Å². The van der Waals surface area contributed by atoms with Gasteiger partial charge in [-0.25, -0.2) is 4.39 Å². The van der Waals surface area contributed by atoms with Crippen molar-refractivity contribution in [2.24, 2.45) is 0 Å². The van der Waals surface area contributed by atoms with Gasteiger partial charge in [0, 0.05) is 23.5 Å². The lowest BCUT2D eigenvalue weighted by Gasteiger charge is -2.21. The highest BCUT2D eigenvalue weighted by Crippen LogP contribution is 2.16. The summed E-state index contributed by atoms with van der Waals surface area (Å²) < 4.78 is 13.1. The highest BCUT2D eigenvalue weighted by molar-refractivity contribution is 7.80. The molecule has 0 atom stereocenters. The molecule has 0 aliphatic heterocycles. The van der Waals surface area contributed by atoms with Crippen LogP contribution in [-0.4, -0.2) is 23.9 Å². The summed E-state index contributed by atoms with van der Waals surface area (Å²) in [6.45, 7) is 5.52. The topological polar surface area (TPSA) is 20.3 Å². The van der Waals surface area contributed by atoms with E-state index in [0.29, 0.717) is 5.56 Å². The minimum Gasteiger partial charge on any atom is -0.339 e. The number of nitrogens with zero attached hydrogens (tertiary/aromatic N) is 1. The maximum atomic E-state index is 13.1. The van der Waals surface area contributed by atoms with E-state index in [1.807, 2.05) is 13.8 Å². The van der Waals surface area contributed by atoms with Crippen LogP contribution in [0.3, 0.4) is 0 Å². The van der Waals surface area contributed by atoms with Gasteiger partial charge in [0.25, 0.3) is 5.91 Å². The molecule has 0 bridgehead atoms. The molecule has 0 aliphatic carbocycles. The number of rotatable bonds is 5. The third-order valence-corrected chi connectivity index (χ3v) is 2.81. The SMILES string of the molecule is CCCN(CCC)C(=O)c1ccc(F)c(S)c1. The number of benzene rings is 1. The molecule has 0 heterocycles. The molecule has 0 aliphatic rings. The van der Waals surface area contributed by atoms with Crippen LogP contribution in [0, 0.1) is 5.82 Å². The zero-order valence-corrected chi connectivity index (χ0v) is 11.1. The molecule has 0 N–H and O–H groups in total. The van der Waals surface area contributed by atoms with Gasteiger partial charge < -0.3 is 4.90 Å². The predicted molar refractivity (Wildman–Crippen MR) is 70.1 cm³/mol. The fourth-order valence-corrected chi connectivity index (χ4v) is 1.90. The Morgan fingerprint density at radius 2 is 1.88 bits per heavy atom. The summed E-state index contributed by atoms with van der Waals surface area (Å²) >= 11 is 3.99. The average molecular weight is 255 g/mol. The molecule has 0 unspecified atom stereocenters. The van der Waals surface area contributed by atoms with Crippen molar-refractivity contribution < 1.29 is 9.18 Å².